The summed E-state index contributed by atoms with van der Waals surface area (Å²) in [5.74, 6) is 2.77. The number of nitrogens with zero attached hydrogens (tertiary/aromatic N) is 17. The molecule has 101 heavy (non-hydrogen) atoms. The van der Waals surface area contributed by atoms with E-state index in [4.69, 9.17) is 63.6 Å². The number of aliphatic hydroxyl groups is 1. The number of nitrogens with two attached hydrogens (primary N) is 3. The van der Waals surface area contributed by atoms with Crippen LogP contribution >= 0.6 is 46.4 Å². The number of H-pyrrole nitrogens is 4. The second-order valence-corrected chi connectivity index (χ2v) is 28.1. The quantitative estimate of drug-likeness (QED) is 0.0527. The smallest absolute Gasteiger partial charge is 0.202 e. The third kappa shape index (κ3) is 15.2. The molecule has 4 saturated heterocycles. The summed E-state index contributed by atoms with van der Waals surface area (Å²) in [6.07, 6.45) is 19.7. The van der Waals surface area contributed by atoms with Crippen molar-refractivity contribution in [2.75, 3.05) is 72.0 Å². The van der Waals surface area contributed by atoms with Crippen LogP contribution in [0.3, 0.4) is 0 Å². The van der Waals surface area contributed by atoms with Crippen LogP contribution < -0.4 is 36.8 Å². The Bertz CT molecular complexity index is 4500. The molecular formula is C71H81Cl4FN24O. The van der Waals surface area contributed by atoms with Crippen molar-refractivity contribution in [3.63, 3.8) is 0 Å². The number of hydrogen-bond acceptors (Lipinski definition) is 21. The molecule has 16 rings (SSSR count). The largest absolute Gasteiger partial charge is 0.390 e. The molecule has 4 aliphatic rings. The van der Waals surface area contributed by atoms with E-state index in [1.165, 1.54) is 6.07 Å². The highest BCUT2D eigenvalue weighted by atomic mass is 35.5. The molecule has 0 bridgehead atoms. The van der Waals surface area contributed by atoms with Gasteiger partial charge in [0.1, 0.15) is 56.3 Å². The standard InChI is InChI=1S/C18H20ClFN6.C18H21ClN6.C18H20ClN5O.C17H20ClN7/c1-2-18(21)6-8-26(9-7-18)13-10-22-16-15(24-25-17(16)23-13)11-4-3-5-12(20)14(11)19;1-2-18(20)7-9-25(10-8-18)14-11-21-16-15(23-24-17(16)22-14)12-5-3-4-6-13(12)19;1-2-18(25)7-9-24(10-8-18)14-11-20-16-15(22-23-17(16)21-14)12-5-3-4-6-13(12)19;1-2-17(19)5-8-25(9-6-17)12-10-21-14-13(23-24-16(14)22-12)11-4-3-7-20-15(11)18/h3-5,10H,2,6-9,21H2,1H3,(H,23,24,25);3-6,11H,2,7-10,20H2,1H3,(H,22,23,24);3-6,11,25H,2,7-10H2,1H3,(H,21,22,23);3-4,7,10H,2,5-6,8-9,19H2,1H3,(H,22,23,24). The van der Waals surface area contributed by atoms with Gasteiger partial charge >= 0.3 is 0 Å². The van der Waals surface area contributed by atoms with Gasteiger partial charge in [-0.15, -0.1) is 0 Å². The van der Waals surface area contributed by atoms with Gasteiger partial charge in [-0.05, 0) is 107 Å². The molecule has 3 aromatic carbocycles. The van der Waals surface area contributed by atoms with Crippen molar-refractivity contribution in [3.8, 4) is 45.0 Å². The lowest BCUT2D eigenvalue weighted by molar-refractivity contribution is 0.0124. The lowest BCUT2D eigenvalue weighted by Gasteiger charge is -2.39. The Morgan fingerprint density at radius 3 is 1.06 bits per heavy atom. The normalized spacial score (nSPS) is 17.1. The summed E-state index contributed by atoms with van der Waals surface area (Å²) < 4.78 is 13.8. The third-order valence-electron chi connectivity index (χ3n) is 20.6. The first kappa shape index (κ1) is 70.6. The number of aromatic amines is 4. The van der Waals surface area contributed by atoms with Crippen LogP contribution in [-0.2, 0) is 0 Å². The lowest BCUT2D eigenvalue weighted by atomic mass is 9.86. The maximum Gasteiger partial charge on any atom is 0.202 e. The van der Waals surface area contributed by atoms with Crippen molar-refractivity contribution >= 4 is 114 Å². The summed E-state index contributed by atoms with van der Waals surface area (Å²) in [4.78, 5) is 49.8. The monoisotopic (exact) mass is 1440 g/mol. The predicted octanol–water partition coefficient (Wildman–Crippen LogP) is 13.1. The van der Waals surface area contributed by atoms with E-state index in [2.05, 4.69) is 126 Å². The first-order valence-electron chi connectivity index (χ1n) is 34.3. The molecule has 0 saturated carbocycles. The zero-order chi connectivity index (χ0) is 70.6. The van der Waals surface area contributed by atoms with Gasteiger partial charge in [-0.3, -0.25) is 20.4 Å². The number of anilines is 4. The summed E-state index contributed by atoms with van der Waals surface area (Å²) in [7, 11) is 0. The van der Waals surface area contributed by atoms with Crippen LogP contribution in [0.5, 0.6) is 0 Å². The maximum atomic E-state index is 13.8. The van der Waals surface area contributed by atoms with E-state index in [1.54, 1.807) is 36.9 Å². The zero-order valence-corrected chi connectivity index (χ0v) is 59.7. The molecule has 526 valence electrons. The number of piperidine rings is 4. The maximum absolute atomic E-state index is 13.8. The number of rotatable bonds is 12. The van der Waals surface area contributed by atoms with Gasteiger partial charge in [0, 0.05) is 97.4 Å². The van der Waals surface area contributed by atoms with Crippen molar-refractivity contribution < 1.29 is 9.50 Å². The molecule has 0 radical (unpaired) electrons. The third-order valence-corrected chi connectivity index (χ3v) is 21.9. The molecule has 9 aromatic heterocycles. The molecule has 0 atom stereocenters. The molecule has 0 aliphatic carbocycles. The topological polar surface area (TPSA) is 342 Å². The second-order valence-electron chi connectivity index (χ2n) is 26.6. The van der Waals surface area contributed by atoms with Crippen LogP contribution in [0.2, 0.25) is 20.2 Å². The fraction of sp³-hybridized carbons (Fsp3) is 0.394. The summed E-state index contributed by atoms with van der Waals surface area (Å²) in [6.45, 7) is 15.3. The van der Waals surface area contributed by atoms with Crippen molar-refractivity contribution in [2.24, 2.45) is 17.2 Å². The van der Waals surface area contributed by atoms with Gasteiger partial charge in [0.2, 0.25) is 22.6 Å². The number of pyridine rings is 1. The molecule has 4 fully saturated rings. The van der Waals surface area contributed by atoms with Crippen LogP contribution in [0.15, 0.2) is 110 Å². The molecule has 13 heterocycles. The van der Waals surface area contributed by atoms with Crippen LogP contribution in [0.25, 0.3) is 89.7 Å². The number of aromatic nitrogens is 17. The molecule has 0 spiro atoms. The van der Waals surface area contributed by atoms with Gasteiger partial charge in [-0.1, -0.05) is 123 Å². The number of fused-ring (bicyclic) bond motifs is 4. The van der Waals surface area contributed by atoms with Crippen LogP contribution in [0, 0.1) is 5.82 Å². The molecule has 0 amide bonds. The Labute approximate surface area is 603 Å². The number of nitrogens with one attached hydrogen (secondary N) is 4. The summed E-state index contributed by atoms with van der Waals surface area (Å²) in [6, 6.07) is 23.6. The van der Waals surface area contributed by atoms with E-state index < -0.39 is 11.4 Å². The zero-order valence-electron chi connectivity index (χ0n) is 56.7. The second kappa shape index (κ2) is 30.0. The van der Waals surface area contributed by atoms with E-state index in [0.29, 0.717) is 65.6 Å². The highest BCUT2D eigenvalue weighted by molar-refractivity contribution is 6.34. The number of benzene rings is 3. The highest BCUT2D eigenvalue weighted by Crippen LogP contribution is 2.38. The van der Waals surface area contributed by atoms with Crippen LogP contribution in [-0.4, -0.2) is 165 Å². The van der Waals surface area contributed by atoms with Crippen LogP contribution in [0.1, 0.15) is 105 Å². The summed E-state index contributed by atoms with van der Waals surface area (Å²) >= 11 is 24.8. The molecule has 4 aliphatic heterocycles. The van der Waals surface area contributed by atoms with E-state index >= 15 is 0 Å². The lowest BCUT2D eigenvalue weighted by Crippen LogP contribution is -2.50. The SMILES string of the molecule is CCC1(N)CCN(c2cnc3c(-c4cccc(F)c4Cl)[nH]nc3n2)CC1.CCC1(N)CCN(c2cnc3c(-c4ccccc4Cl)[nH]nc3n2)CC1.CCC1(N)CCN(c2cnc3c(-c4cccnc4Cl)[nH]nc3n2)CC1.CCC1(O)CCN(c2cnc3c(-c4ccccc4Cl)[nH]nc3n2)CC1. The van der Waals surface area contributed by atoms with Crippen molar-refractivity contribution in [3.05, 3.63) is 136 Å². The molecule has 25 nitrogen and oxygen atoms in total. The molecule has 0 unspecified atom stereocenters. The molecule has 30 heteroatoms. The fourth-order valence-corrected chi connectivity index (χ4v) is 14.1. The van der Waals surface area contributed by atoms with Gasteiger partial charge in [-0.25, -0.2) is 49.2 Å². The van der Waals surface area contributed by atoms with E-state index in [1.807, 2.05) is 73.8 Å². The van der Waals surface area contributed by atoms with Crippen molar-refractivity contribution in [1.82, 2.24) is 85.6 Å². The molecule has 11 N–H and O–H groups in total. The predicted molar refractivity (Wildman–Crippen MR) is 399 cm³/mol. The Balaban J connectivity index is 0.000000120. The minimum Gasteiger partial charge on any atom is -0.390 e. The number of hydrogen-bond donors (Lipinski definition) is 8. The fourth-order valence-electron chi connectivity index (χ4n) is 13.2. The summed E-state index contributed by atoms with van der Waals surface area (Å²) in [5.41, 5.74) is 29.2. The summed E-state index contributed by atoms with van der Waals surface area (Å²) in [5, 5.41) is 41.2. The minimum absolute atomic E-state index is 0.0406. The van der Waals surface area contributed by atoms with Gasteiger partial charge in [0.05, 0.1) is 68.2 Å². The first-order chi connectivity index (χ1) is 48.8. The Kier molecular flexibility index (Phi) is 21.0. The van der Waals surface area contributed by atoms with Gasteiger partial charge in [0.15, 0.2) is 0 Å². The molecule has 12 aromatic rings. The first-order valence-corrected chi connectivity index (χ1v) is 35.8. The van der Waals surface area contributed by atoms with E-state index in [0.717, 1.165) is 192 Å². The highest BCUT2D eigenvalue weighted by Gasteiger charge is 2.34. The van der Waals surface area contributed by atoms with Crippen molar-refractivity contribution in [1.29, 1.82) is 0 Å². The van der Waals surface area contributed by atoms with Crippen LogP contribution in [0.4, 0.5) is 27.7 Å². The van der Waals surface area contributed by atoms with Gasteiger partial charge < -0.3 is 41.9 Å². The van der Waals surface area contributed by atoms with E-state index in [-0.39, 0.29) is 21.6 Å². The molecular weight excluding hydrogens is 1370 g/mol. The number of halogens is 5. The Hall–Kier alpha value is -8.86. The Morgan fingerprint density at radius 1 is 0.406 bits per heavy atom. The Morgan fingerprint density at radius 2 is 0.723 bits per heavy atom. The van der Waals surface area contributed by atoms with Crippen molar-refractivity contribution in [2.45, 2.75) is 127 Å². The van der Waals surface area contributed by atoms with Gasteiger partial charge in [-0.2, -0.15) is 20.4 Å². The van der Waals surface area contributed by atoms with E-state index in [9.17, 15) is 9.50 Å². The average molecular weight is 1450 g/mol. The minimum atomic E-state index is -0.544. The average Bonchev–Trinajstić information content (AvgIpc) is 1.67. The van der Waals surface area contributed by atoms with Gasteiger partial charge in [0.25, 0.3) is 0 Å².